The summed E-state index contributed by atoms with van der Waals surface area (Å²) in [5.41, 5.74) is -4.24. The lowest BCUT2D eigenvalue weighted by Gasteiger charge is -2.52. The van der Waals surface area contributed by atoms with Crippen molar-refractivity contribution in [3.05, 3.63) is 57.8 Å². The van der Waals surface area contributed by atoms with Crippen LogP contribution in [0.3, 0.4) is 0 Å². The van der Waals surface area contributed by atoms with Crippen molar-refractivity contribution in [1.82, 2.24) is 0 Å². The summed E-state index contributed by atoms with van der Waals surface area (Å²) in [6.07, 6.45) is -20.8. The molecule has 3 aromatic rings. The first-order valence-electron chi connectivity index (χ1n) is 19.5. The first-order chi connectivity index (χ1) is 28.7. The number of aliphatic hydroxyl groups excluding tert-OH is 10. The molecule has 20 nitrogen and oxygen atoms in total. The Hall–Kier alpha value is -3.97. The second kappa shape index (κ2) is 18.0. The zero-order chi connectivity index (χ0) is 44.9. The Kier molecular flexibility index (Phi) is 13.7. The van der Waals surface area contributed by atoms with Gasteiger partial charge in [-0.15, -0.1) is 0 Å². The van der Waals surface area contributed by atoms with Crippen LogP contribution in [0.5, 0.6) is 23.0 Å². The topological polar surface area (TPSA) is 317 Å². The third-order valence-corrected chi connectivity index (χ3v) is 11.4. The van der Waals surface area contributed by atoms with Gasteiger partial charge in [-0.3, -0.25) is 4.79 Å². The van der Waals surface area contributed by atoms with Gasteiger partial charge in [0.15, 0.2) is 17.7 Å². The van der Waals surface area contributed by atoms with Crippen LogP contribution in [0.1, 0.15) is 40.2 Å². The van der Waals surface area contributed by atoms with Crippen LogP contribution >= 0.6 is 0 Å². The lowest BCUT2D eigenvalue weighted by molar-refractivity contribution is -0.399. The summed E-state index contributed by atoms with van der Waals surface area (Å²) in [5, 5.41) is 117. The van der Waals surface area contributed by atoms with Crippen molar-refractivity contribution in [1.29, 1.82) is 0 Å². The number of hydrogen-bond acceptors (Lipinski definition) is 20. The number of phenols is 1. The van der Waals surface area contributed by atoms with Gasteiger partial charge >= 0.3 is 0 Å². The highest BCUT2D eigenvalue weighted by molar-refractivity contribution is 5.91. The fourth-order valence-electron chi connectivity index (χ4n) is 7.41. The molecular weight excluding hydrogens is 812 g/mol. The molecule has 0 amide bonds. The number of allylic oxidation sites excluding steroid dienone is 2. The molecule has 15 atom stereocenters. The van der Waals surface area contributed by atoms with Gasteiger partial charge in [0.05, 0.1) is 26.4 Å². The average molecular weight is 867 g/mol. The Labute approximate surface area is 348 Å². The van der Waals surface area contributed by atoms with Crippen molar-refractivity contribution in [3.8, 4) is 34.3 Å². The van der Waals surface area contributed by atoms with Crippen LogP contribution in [0.25, 0.3) is 22.3 Å². The van der Waals surface area contributed by atoms with E-state index in [1.165, 1.54) is 40.0 Å². The molecule has 20 heteroatoms. The molecule has 0 aliphatic carbocycles. The molecule has 6 rings (SSSR count). The zero-order valence-electron chi connectivity index (χ0n) is 34.2. The summed E-state index contributed by atoms with van der Waals surface area (Å²) in [5.74, 6) is -1.37. The Bertz CT molecular complexity index is 2100. The normalized spacial score (nSPS) is 36.7. The van der Waals surface area contributed by atoms with Gasteiger partial charge in [0.25, 0.3) is 0 Å². The van der Waals surface area contributed by atoms with Crippen molar-refractivity contribution in [3.63, 3.8) is 0 Å². The second-order valence-corrected chi connectivity index (χ2v) is 16.1. The summed E-state index contributed by atoms with van der Waals surface area (Å²) >= 11 is 0. The molecule has 0 bridgehead atoms. The van der Waals surface area contributed by atoms with E-state index < -0.39 is 127 Å². The Morgan fingerprint density at radius 2 is 1.49 bits per heavy atom. The third-order valence-electron chi connectivity index (χ3n) is 11.4. The maximum Gasteiger partial charge on any atom is 0.239 e. The van der Waals surface area contributed by atoms with E-state index in [2.05, 4.69) is 0 Å². The number of benzene rings is 2. The Balaban J connectivity index is 1.53. The predicted molar refractivity (Wildman–Crippen MR) is 209 cm³/mol. The molecule has 338 valence electrons. The number of fused-ring (bicyclic) bond motifs is 1. The summed E-state index contributed by atoms with van der Waals surface area (Å²) in [4.78, 5) is 14.9. The van der Waals surface area contributed by atoms with Crippen LogP contribution in [0.2, 0.25) is 0 Å². The number of methoxy groups -OCH3 is 1. The highest BCUT2D eigenvalue weighted by Crippen LogP contribution is 2.44. The summed E-state index contributed by atoms with van der Waals surface area (Å²) < 4.78 is 47.5. The van der Waals surface area contributed by atoms with Gasteiger partial charge < -0.3 is 93.7 Å². The van der Waals surface area contributed by atoms with Crippen LogP contribution in [0, 0.1) is 0 Å². The third kappa shape index (κ3) is 8.59. The fraction of sp³-hybridized carbons (Fsp3) is 0.585. The van der Waals surface area contributed by atoms with E-state index >= 15 is 0 Å². The Morgan fingerprint density at radius 3 is 2.10 bits per heavy atom. The second-order valence-electron chi connectivity index (χ2n) is 16.1. The highest BCUT2D eigenvalue weighted by atomic mass is 16.8. The molecule has 3 saturated heterocycles. The van der Waals surface area contributed by atoms with Gasteiger partial charge in [0, 0.05) is 17.2 Å². The molecular formula is C41H54O20. The first-order valence-corrected chi connectivity index (χ1v) is 19.5. The predicted octanol–water partition coefficient (Wildman–Crippen LogP) is -1.33. The van der Waals surface area contributed by atoms with E-state index in [0.29, 0.717) is 5.75 Å². The summed E-state index contributed by atoms with van der Waals surface area (Å²) in [6, 6.07) is 7.18. The minimum Gasteiger partial charge on any atom is -0.507 e. The number of hydrogen-bond donors (Lipinski definition) is 11. The van der Waals surface area contributed by atoms with Gasteiger partial charge in [-0.25, -0.2) is 0 Å². The molecule has 3 aliphatic heterocycles. The van der Waals surface area contributed by atoms with Gasteiger partial charge in [0.1, 0.15) is 88.8 Å². The van der Waals surface area contributed by atoms with Crippen molar-refractivity contribution < 1.29 is 93.7 Å². The minimum absolute atomic E-state index is 0.00662. The van der Waals surface area contributed by atoms with E-state index in [1.807, 2.05) is 0 Å². The fourth-order valence-corrected chi connectivity index (χ4v) is 7.41. The molecule has 1 aromatic heterocycles. The first kappa shape index (κ1) is 46.5. The van der Waals surface area contributed by atoms with Gasteiger partial charge in [0.2, 0.25) is 23.8 Å². The van der Waals surface area contributed by atoms with Gasteiger partial charge in [-0.2, -0.15) is 0 Å². The lowest BCUT2D eigenvalue weighted by Crippen LogP contribution is -2.71. The monoisotopic (exact) mass is 866 g/mol. The number of aliphatic hydroxyl groups is 10. The number of phenolic OH excluding ortho intramolecular Hbond substituents is 1. The standard InChI is InChI=1S/C41H54O20/c1-16(2)7-12-20-22(56-37-30(50)28(48)26(46)23(14-42)57-37)13-21(44)24-27(47)34(32(58-33(20)24)18-8-10-19(54-6)11-9-18)59-39-41(5,36(53)25(45)17(3)55-39)61-38-31(51)29(49)35(52)40(4,15-43)60-38/h7-11,13,17,23,25-26,28-31,35-39,42-46,48-53H,12,14-15H2,1-6H3/t17-,23+,25-,26+,28-,29+,30+,31+,35-,36+,37+,38-,39-,40+,41+/m0/s1. The van der Waals surface area contributed by atoms with Crippen molar-refractivity contribution in [2.75, 3.05) is 20.3 Å². The molecule has 3 fully saturated rings. The summed E-state index contributed by atoms with van der Waals surface area (Å²) in [6.45, 7) is 5.84. The van der Waals surface area contributed by atoms with E-state index in [0.717, 1.165) is 11.6 Å². The van der Waals surface area contributed by atoms with Crippen molar-refractivity contribution >= 4 is 11.0 Å². The molecule has 11 N–H and O–H groups in total. The van der Waals surface area contributed by atoms with Crippen molar-refractivity contribution in [2.24, 2.45) is 0 Å². The van der Waals surface area contributed by atoms with Gasteiger partial charge in [-0.1, -0.05) is 11.6 Å². The average Bonchev–Trinajstić information content (AvgIpc) is 3.23. The maximum absolute atomic E-state index is 14.9. The molecule has 0 unspecified atom stereocenters. The van der Waals surface area contributed by atoms with Crippen molar-refractivity contribution in [2.45, 2.75) is 132 Å². The molecule has 0 saturated carbocycles. The smallest absolute Gasteiger partial charge is 0.239 e. The SMILES string of the molecule is COc1ccc(-c2oc3c(CC=C(C)C)c(O[C@@H]4O[C@H](CO)[C@@H](O)[C@H](O)[C@H]4O)cc(O)c3c(=O)c2O[C@@H]2O[C@@H](C)[C@H](O)[C@@H](O)[C@@]2(C)O[C@@H]2O[C@](C)(CO)[C@@H](O)[C@H](O)[C@H]2O)cc1. The van der Waals surface area contributed by atoms with Crippen LogP contribution in [0.15, 0.2) is 51.2 Å². The van der Waals surface area contributed by atoms with E-state index in [9.17, 15) is 61.0 Å². The maximum atomic E-state index is 14.9. The number of rotatable bonds is 12. The molecule has 2 aromatic carbocycles. The van der Waals surface area contributed by atoms with Crippen LogP contribution in [-0.4, -0.2) is 168 Å². The lowest BCUT2D eigenvalue weighted by atomic mass is 9.86. The number of aromatic hydroxyl groups is 1. The minimum atomic E-state index is -2.28. The van der Waals surface area contributed by atoms with Crippen LogP contribution < -0.4 is 19.6 Å². The zero-order valence-corrected chi connectivity index (χ0v) is 34.2. The summed E-state index contributed by atoms with van der Waals surface area (Å²) in [7, 11) is 1.44. The van der Waals surface area contributed by atoms with Crippen LogP contribution in [-0.2, 0) is 25.4 Å². The molecule has 4 heterocycles. The highest BCUT2D eigenvalue weighted by Gasteiger charge is 2.59. The largest absolute Gasteiger partial charge is 0.507 e. The van der Waals surface area contributed by atoms with E-state index in [4.69, 9.17) is 37.6 Å². The molecule has 3 aliphatic rings. The van der Waals surface area contributed by atoms with E-state index in [-0.39, 0.29) is 34.6 Å². The van der Waals surface area contributed by atoms with Crippen LogP contribution in [0.4, 0.5) is 0 Å². The Morgan fingerprint density at radius 1 is 0.836 bits per heavy atom. The molecule has 61 heavy (non-hydrogen) atoms. The quantitative estimate of drug-likeness (QED) is 0.0940. The van der Waals surface area contributed by atoms with Gasteiger partial charge in [-0.05, 0) is 65.3 Å². The van der Waals surface area contributed by atoms with E-state index in [1.54, 1.807) is 32.1 Å². The number of ether oxygens (including phenoxy) is 7. The molecule has 0 radical (unpaired) electrons. The molecule has 0 spiro atoms.